The minimum absolute atomic E-state index is 0.514. The molecule has 0 unspecified atom stereocenters. The van der Waals surface area contributed by atoms with E-state index < -0.39 is 0 Å². The van der Waals surface area contributed by atoms with Crippen LogP contribution >= 0.6 is 0 Å². The third-order valence-corrected chi connectivity index (χ3v) is 4.91. The van der Waals surface area contributed by atoms with Gasteiger partial charge < -0.3 is 4.90 Å². The van der Waals surface area contributed by atoms with E-state index in [1.54, 1.807) is 30.9 Å². The number of hydrogen-bond donors (Lipinski definition) is 0. The summed E-state index contributed by atoms with van der Waals surface area (Å²) >= 11 is 0. The molecule has 5 nitrogen and oxygen atoms in total. The topological polar surface area (TPSA) is 54.8 Å². The average Bonchev–Trinajstić information content (AvgIpc) is 2.87. The van der Waals surface area contributed by atoms with E-state index in [4.69, 9.17) is 0 Å². The second-order valence-electron chi connectivity index (χ2n) is 6.92. The first-order valence-electron chi connectivity index (χ1n) is 9.98. The van der Waals surface area contributed by atoms with Crippen LogP contribution in [0.25, 0.3) is 22.8 Å². The molecule has 5 rings (SSSR count). The Bertz CT molecular complexity index is 1200. The lowest BCUT2D eigenvalue weighted by Crippen LogP contribution is -2.09. The van der Waals surface area contributed by atoms with Crippen LogP contribution in [-0.2, 0) is 0 Å². The van der Waals surface area contributed by atoms with Gasteiger partial charge in [0.05, 0.1) is 0 Å². The summed E-state index contributed by atoms with van der Waals surface area (Å²) in [5.41, 5.74) is 5.29. The largest absolute Gasteiger partial charge is 0.311 e. The molecule has 0 spiro atoms. The van der Waals surface area contributed by atoms with E-state index >= 15 is 0 Å². The molecule has 0 radical (unpaired) electrons. The van der Waals surface area contributed by atoms with Crippen molar-refractivity contribution < 1.29 is 0 Å². The highest BCUT2D eigenvalue weighted by atomic mass is 15.1. The van der Waals surface area contributed by atoms with Crippen LogP contribution in [0.15, 0.2) is 116 Å². The van der Waals surface area contributed by atoms with Crippen LogP contribution in [0.3, 0.4) is 0 Å². The van der Waals surface area contributed by atoms with Crippen LogP contribution in [0.2, 0.25) is 0 Å². The summed E-state index contributed by atoms with van der Waals surface area (Å²) in [5.74, 6) is 1.03. The number of hydrogen-bond acceptors (Lipinski definition) is 5. The van der Waals surface area contributed by atoms with Crippen molar-refractivity contribution in [3.05, 3.63) is 116 Å². The summed E-state index contributed by atoms with van der Waals surface area (Å²) in [7, 11) is 0. The predicted octanol–water partition coefficient (Wildman–Crippen LogP) is 6.07. The van der Waals surface area contributed by atoms with Crippen molar-refractivity contribution >= 4 is 17.1 Å². The quantitative estimate of drug-likeness (QED) is 0.358. The molecule has 0 saturated carbocycles. The number of rotatable bonds is 5. The summed E-state index contributed by atoms with van der Waals surface area (Å²) < 4.78 is 0. The molecule has 0 amide bonds. The van der Waals surface area contributed by atoms with Crippen LogP contribution in [0, 0.1) is 0 Å². The van der Waals surface area contributed by atoms with Gasteiger partial charge in [-0.15, -0.1) is 0 Å². The molecule has 0 aliphatic carbocycles. The molecule has 2 heterocycles. The van der Waals surface area contributed by atoms with E-state index in [1.807, 2.05) is 12.1 Å². The van der Waals surface area contributed by atoms with Crippen molar-refractivity contribution in [2.75, 3.05) is 4.90 Å². The van der Waals surface area contributed by atoms with Crippen molar-refractivity contribution in [2.45, 2.75) is 0 Å². The lowest BCUT2D eigenvalue weighted by atomic mass is 10.1. The standard InChI is InChI=1S/C26H19N5/c1-3-8-22(9-4-1)31(23-10-5-2-6-11-23)24-14-12-20(13-15-24)21-18-29-26(30-19-21)25-27-16-7-17-28-25/h1-19H. The zero-order chi connectivity index (χ0) is 20.9. The van der Waals surface area contributed by atoms with Crippen LogP contribution in [0.5, 0.6) is 0 Å². The fourth-order valence-corrected chi connectivity index (χ4v) is 3.41. The summed E-state index contributed by atoms with van der Waals surface area (Å²) in [6, 6.07) is 30.9. The maximum Gasteiger partial charge on any atom is 0.197 e. The fraction of sp³-hybridized carbons (Fsp3) is 0. The van der Waals surface area contributed by atoms with Crippen LogP contribution in [0.1, 0.15) is 0 Å². The van der Waals surface area contributed by atoms with Crippen molar-refractivity contribution in [2.24, 2.45) is 0 Å². The van der Waals surface area contributed by atoms with E-state index in [9.17, 15) is 0 Å². The van der Waals surface area contributed by atoms with Crippen molar-refractivity contribution in [1.82, 2.24) is 19.9 Å². The first kappa shape index (κ1) is 18.6. The molecular formula is C26H19N5. The van der Waals surface area contributed by atoms with Gasteiger partial charge in [0.1, 0.15) is 0 Å². The molecule has 0 aliphatic rings. The smallest absolute Gasteiger partial charge is 0.197 e. The minimum atomic E-state index is 0.514. The Morgan fingerprint density at radius 3 is 1.45 bits per heavy atom. The molecule has 2 aromatic heterocycles. The second-order valence-corrected chi connectivity index (χ2v) is 6.92. The molecule has 0 N–H and O–H groups in total. The number of aromatic nitrogens is 4. The van der Waals surface area contributed by atoms with E-state index in [0.29, 0.717) is 11.6 Å². The molecule has 148 valence electrons. The summed E-state index contributed by atoms with van der Waals surface area (Å²) in [4.78, 5) is 19.5. The Hall–Kier alpha value is -4.38. The van der Waals surface area contributed by atoms with E-state index in [2.05, 4.69) is 97.6 Å². The van der Waals surface area contributed by atoms with Crippen LogP contribution in [0.4, 0.5) is 17.1 Å². The summed E-state index contributed by atoms with van der Waals surface area (Å²) in [6.07, 6.45) is 6.98. The van der Waals surface area contributed by atoms with Gasteiger partial charge in [-0.2, -0.15) is 0 Å². The van der Waals surface area contributed by atoms with Gasteiger partial charge in [0.25, 0.3) is 0 Å². The number of para-hydroxylation sites is 2. The number of nitrogens with zero attached hydrogens (tertiary/aromatic N) is 5. The van der Waals surface area contributed by atoms with Gasteiger partial charge in [-0.05, 0) is 48.0 Å². The van der Waals surface area contributed by atoms with Crippen LogP contribution < -0.4 is 4.90 Å². The molecule has 5 heteroatoms. The zero-order valence-corrected chi connectivity index (χ0v) is 16.7. The monoisotopic (exact) mass is 401 g/mol. The highest BCUT2D eigenvalue weighted by molar-refractivity contribution is 5.78. The Labute approximate surface area is 180 Å². The van der Waals surface area contributed by atoms with Crippen molar-refractivity contribution in [3.8, 4) is 22.8 Å². The molecule has 0 bridgehead atoms. The zero-order valence-electron chi connectivity index (χ0n) is 16.7. The third kappa shape index (κ3) is 4.02. The van der Waals surface area contributed by atoms with E-state index in [0.717, 1.165) is 28.2 Å². The molecule has 0 aliphatic heterocycles. The highest BCUT2D eigenvalue weighted by Crippen LogP contribution is 2.35. The van der Waals surface area contributed by atoms with E-state index in [1.165, 1.54) is 0 Å². The van der Waals surface area contributed by atoms with Gasteiger partial charge in [-0.3, -0.25) is 0 Å². The first-order chi connectivity index (χ1) is 15.4. The third-order valence-electron chi connectivity index (χ3n) is 4.91. The molecule has 31 heavy (non-hydrogen) atoms. The van der Waals surface area contributed by atoms with Crippen molar-refractivity contribution in [3.63, 3.8) is 0 Å². The number of anilines is 3. The van der Waals surface area contributed by atoms with Crippen LogP contribution in [-0.4, -0.2) is 19.9 Å². The lowest BCUT2D eigenvalue weighted by molar-refractivity contribution is 1.08. The Kier molecular flexibility index (Phi) is 5.14. The first-order valence-corrected chi connectivity index (χ1v) is 9.98. The molecule has 0 saturated heterocycles. The fourth-order valence-electron chi connectivity index (χ4n) is 3.41. The van der Waals surface area contributed by atoms with E-state index in [-0.39, 0.29) is 0 Å². The average molecular weight is 401 g/mol. The lowest BCUT2D eigenvalue weighted by Gasteiger charge is -2.25. The molecule has 5 aromatic rings. The van der Waals surface area contributed by atoms with Gasteiger partial charge in [0.2, 0.25) is 0 Å². The van der Waals surface area contributed by atoms with Gasteiger partial charge in [-0.25, -0.2) is 19.9 Å². The SMILES string of the molecule is c1ccc(N(c2ccccc2)c2ccc(-c3cnc(-c4ncccn4)nc3)cc2)cc1. The second kappa shape index (κ2) is 8.55. The summed E-state index contributed by atoms with van der Waals surface area (Å²) in [6.45, 7) is 0. The normalized spacial score (nSPS) is 10.6. The highest BCUT2D eigenvalue weighted by Gasteiger charge is 2.12. The van der Waals surface area contributed by atoms with Crippen molar-refractivity contribution in [1.29, 1.82) is 0 Å². The Morgan fingerprint density at radius 2 is 0.903 bits per heavy atom. The van der Waals surface area contributed by atoms with Gasteiger partial charge in [0.15, 0.2) is 11.6 Å². The van der Waals surface area contributed by atoms with Gasteiger partial charge in [0, 0.05) is 47.4 Å². The van der Waals surface area contributed by atoms with Gasteiger partial charge >= 0.3 is 0 Å². The maximum absolute atomic E-state index is 4.43. The minimum Gasteiger partial charge on any atom is -0.311 e. The Morgan fingerprint density at radius 1 is 0.419 bits per heavy atom. The molecular weight excluding hydrogens is 382 g/mol. The molecule has 0 atom stereocenters. The molecule has 3 aromatic carbocycles. The maximum atomic E-state index is 4.43. The Balaban J connectivity index is 1.46. The predicted molar refractivity (Wildman–Crippen MR) is 123 cm³/mol. The number of benzene rings is 3. The van der Waals surface area contributed by atoms with Gasteiger partial charge in [-0.1, -0.05) is 48.5 Å². The summed E-state index contributed by atoms with van der Waals surface area (Å²) in [5, 5.41) is 0. The molecule has 0 fully saturated rings.